The predicted octanol–water partition coefficient (Wildman–Crippen LogP) is 2.34. The highest BCUT2D eigenvalue weighted by atomic mass is 16.3. The van der Waals surface area contributed by atoms with Crippen molar-refractivity contribution in [2.45, 2.75) is 39.0 Å². The van der Waals surface area contributed by atoms with E-state index in [2.05, 4.69) is 24.4 Å². The maximum Gasteiger partial charge on any atom is 0.0434 e. The van der Waals surface area contributed by atoms with Gasteiger partial charge in [0.25, 0.3) is 0 Å². The number of allylic oxidation sites excluding steroid dienone is 2. The van der Waals surface area contributed by atoms with E-state index in [0.717, 1.165) is 31.8 Å². The summed E-state index contributed by atoms with van der Waals surface area (Å²) in [5.41, 5.74) is 0. The standard InChI is InChI=1S/C13H25NO/c1-2-12(8-9-15)10-14-11-13-6-4-3-5-7-13/h3-4,12-15H,2,5-11H2,1H3. The van der Waals surface area contributed by atoms with Crippen LogP contribution in [-0.4, -0.2) is 24.8 Å². The Morgan fingerprint density at radius 1 is 1.47 bits per heavy atom. The molecule has 15 heavy (non-hydrogen) atoms. The molecule has 0 saturated carbocycles. The third-order valence-electron chi connectivity index (χ3n) is 3.36. The average molecular weight is 211 g/mol. The monoisotopic (exact) mass is 211 g/mol. The van der Waals surface area contributed by atoms with Crippen LogP contribution in [0.4, 0.5) is 0 Å². The van der Waals surface area contributed by atoms with Gasteiger partial charge in [-0.15, -0.1) is 0 Å². The summed E-state index contributed by atoms with van der Waals surface area (Å²) in [5.74, 6) is 1.48. The van der Waals surface area contributed by atoms with E-state index in [0.29, 0.717) is 12.5 Å². The molecule has 0 radical (unpaired) electrons. The van der Waals surface area contributed by atoms with Crippen LogP contribution < -0.4 is 5.32 Å². The molecule has 2 N–H and O–H groups in total. The van der Waals surface area contributed by atoms with Crippen LogP contribution in [0.1, 0.15) is 39.0 Å². The molecule has 0 saturated heterocycles. The van der Waals surface area contributed by atoms with Gasteiger partial charge in [0, 0.05) is 6.61 Å². The number of aliphatic hydroxyl groups is 1. The first-order valence-electron chi connectivity index (χ1n) is 6.33. The lowest BCUT2D eigenvalue weighted by Crippen LogP contribution is -2.28. The van der Waals surface area contributed by atoms with Crippen molar-refractivity contribution in [3.8, 4) is 0 Å². The molecule has 2 heteroatoms. The third kappa shape index (κ3) is 5.33. The first-order chi connectivity index (χ1) is 7.36. The van der Waals surface area contributed by atoms with Crippen LogP contribution in [-0.2, 0) is 0 Å². The predicted molar refractivity (Wildman–Crippen MR) is 64.8 cm³/mol. The largest absolute Gasteiger partial charge is 0.396 e. The van der Waals surface area contributed by atoms with Crippen LogP contribution in [0.5, 0.6) is 0 Å². The lowest BCUT2D eigenvalue weighted by Gasteiger charge is -2.20. The smallest absolute Gasteiger partial charge is 0.0434 e. The average Bonchev–Trinajstić information content (AvgIpc) is 2.29. The SMILES string of the molecule is CCC(CCO)CNCC1CC=CCC1. The minimum absolute atomic E-state index is 0.326. The van der Waals surface area contributed by atoms with Crippen LogP contribution in [0.2, 0.25) is 0 Å². The zero-order valence-corrected chi connectivity index (χ0v) is 9.91. The maximum absolute atomic E-state index is 8.88. The summed E-state index contributed by atoms with van der Waals surface area (Å²) in [6.07, 6.45) is 10.5. The highest BCUT2D eigenvalue weighted by molar-refractivity contribution is 4.90. The van der Waals surface area contributed by atoms with Crippen LogP contribution in [0.15, 0.2) is 12.2 Å². The second-order valence-electron chi connectivity index (χ2n) is 4.60. The molecule has 2 nitrogen and oxygen atoms in total. The Labute approximate surface area is 93.8 Å². The third-order valence-corrected chi connectivity index (χ3v) is 3.36. The van der Waals surface area contributed by atoms with Gasteiger partial charge in [-0.05, 0) is 50.6 Å². The second-order valence-corrected chi connectivity index (χ2v) is 4.60. The molecule has 0 heterocycles. The van der Waals surface area contributed by atoms with Gasteiger partial charge in [-0.3, -0.25) is 0 Å². The zero-order valence-electron chi connectivity index (χ0n) is 9.91. The number of rotatable bonds is 7. The van der Waals surface area contributed by atoms with E-state index in [9.17, 15) is 0 Å². The van der Waals surface area contributed by atoms with Gasteiger partial charge in [-0.1, -0.05) is 25.5 Å². The van der Waals surface area contributed by atoms with E-state index in [1.54, 1.807) is 0 Å². The zero-order chi connectivity index (χ0) is 10.9. The summed E-state index contributed by atoms with van der Waals surface area (Å²) in [7, 11) is 0. The lowest BCUT2D eigenvalue weighted by molar-refractivity contribution is 0.249. The fourth-order valence-corrected chi connectivity index (χ4v) is 2.17. The van der Waals surface area contributed by atoms with E-state index >= 15 is 0 Å². The lowest BCUT2D eigenvalue weighted by atomic mass is 9.94. The van der Waals surface area contributed by atoms with Crippen molar-refractivity contribution in [1.82, 2.24) is 5.32 Å². The van der Waals surface area contributed by atoms with Crippen LogP contribution >= 0.6 is 0 Å². The molecule has 0 bridgehead atoms. The van der Waals surface area contributed by atoms with Gasteiger partial charge >= 0.3 is 0 Å². The molecule has 0 fully saturated rings. The molecule has 0 aromatic heterocycles. The number of hydrogen-bond donors (Lipinski definition) is 2. The molecule has 1 aliphatic carbocycles. The van der Waals surface area contributed by atoms with Gasteiger partial charge in [0.15, 0.2) is 0 Å². The van der Waals surface area contributed by atoms with Crippen molar-refractivity contribution >= 4 is 0 Å². The number of hydrogen-bond acceptors (Lipinski definition) is 2. The molecule has 0 aliphatic heterocycles. The molecular weight excluding hydrogens is 186 g/mol. The van der Waals surface area contributed by atoms with Gasteiger partial charge in [0.05, 0.1) is 0 Å². The Morgan fingerprint density at radius 3 is 2.93 bits per heavy atom. The van der Waals surface area contributed by atoms with E-state index in [4.69, 9.17) is 5.11 Å². The van der Waals surface area contributed by atoms with Crippen LogP contribution in [0, 0.1) is 11.8 Å². The van der Waals surface area contributed by atoms with Crippen molar-refractivity contribution in [3.05, 3.63) is 12.2 Å². The van der Waals surface area contributed by atoms with Gasteiger partial charge in [0.2, 0.25) is 0 Å². The Hall–Kier alpha value is -0.340. The summed E-state index contributed by atoms with van der Waals surface area (Å²) in [6.45, 7) is 4.74. The summed E-state index contributed by atoms with van der Waals surface area (Å²) < 4.78 is 0. The normalized spacial score (nSPS) is 22.9. The molecule has 0 aromatic rings. The minimum atomic E-state index is 0.326. The first kappa shape index (κ1) is 12.7. The summed E-state index contributed by atoms with van der Waals surface area (Å²) >= 11 is 0. The molecular formula is C13H25NO. The second kappa shape index (κ2) is 7.89. The molecule has 1 rings (SSSR count). The van der Waals surface area contributed by atoms with Crippen LogP contribution in [0.3, 0.4) is 0 Å². The van der Waals surface area contributed by atoms with E-state index in [1.165, 1.54) is 19.3 Å². The molecule has 88 valence electrons. The highest BCUT2D eigenvalue weighted by Gasteiger charge is 2.10. The van der Waals surface area contributed by atoms with E-state index in [-0.39, 0.29) is 0 Å². The number of nitrogens with one attached hydrogen (secondary N) is 1. The number of aliphatic hydroxyl groups excluding tert-OH is 1. The van der Waals surface area contributed by atoms with Crippen molar-refractivity contribution < 1.29 is 5.11 Å². The quantitative estimate of drug-likeness (QED) is 0.634. The summed E-state index contributed by atoms with van der Waals surface area (Å²) in [4.78, 5) is 0. The van der Waals surface area contributed by atoms with Gasteiger partial charge in [-0.25, -0.2) is 0 Å². The van der Waals surface area contributed by atoms with Gasteiger partial charge < -0.3 is 10.4 Å². The molecule has 1 aliphatic rings. The minimum Gasteiger partial charge on any atom is -0.396 e. The Bertz CT molecular complexity index is 179. The molecule has 0 amide bonds. The molecule has 0 spiro atoms. The molecule has 2 atom stereocenters. The Kier molecular flexibility index (Phi) is 6.69. The van der Waals surface area contributed by atoms with Crippen molar-refractivity contribution in [3.63, 3.8) is 0 Å². The fourth-order valence-electron chi connectivity index (χ4n) is 2.17. The first-order valence-corrected chi connectivity index (χ1v) is 6.33. The van der Waals surface area contributed by atoms with Gasteiger partial charge in [0.1, 0.15) is 0 Å². The summed E-state index contributed by atoms with van der Waals surface area (Å²) in [6, 6.07) is 0. The van der Waals surface area contributed by atoms with Crippen molar-refractivity contribution in [2.75, 3.05) is 19.7 Å². The van der Waals surface area contributed by atoms with Crippen molar-refractivity contribution in [1.29, 1.82) is 0 Å². The van der Waals surface area contributed by atoms with E-state index < -0.39 is 0 Å². The highest BCUT2D eigenvalue weighted by Crippen LogP contribution is 2.17. The van der Waals surface area contributed by atoms with E-state index in [1.807, 2.05) is 0 Å². The molecule has 2 unspecified atom stereocenters. The van der Waals surface area contributed by atoms with Crippen molar-refractivity contribution in [2.24, 2.45) is 11.8 Å². The topological polar surface area (TPSA) is 32.3 Å². The maximum atomic E-state index is 8.88. The van der Waals surface area contributed by atoms with Crippen LogP contribution in [0.25, 0.3) is 0 Å². The summed E-state index contributed by atoms with van der Waals surface area (Å²) in [5, 5.41) is 12.4. The Morgan fingerprint density at radius 2 is 2.33 bits per heavy atom. The Balaban J connectivity index is 2.06. The molecule has 0 aromatic carbocycles. The van der Waals surface area contributed by atoms with Gasteiger partial charge in [-0.2, -0.15) is 0 Å². The fraction of sp³-hybridized carbons (Fsp3) is 0.846.